The van der Waals surface area contributed by atoms with Crippen LogP contribution in [0.15, 0.2) is 21.9 Å². The molecule has 0 radical (unpaired) electrons. The lowest BCUT2D eigenvalue weighted by Gasteiger charge is -2.17. The Morgan fingerprint density at radius 3 is 2.74 bits per heavy atom. The second-order valence-corrected chi connectivity index (χ2v) is 6.19. The van der Waals surface area contributed by atoms with E-state index in [1.165, 1.54) is 11.3 Å². The fourth-order valence-electron chi connectivity index (χ4n) is 1.39. The number of rotatable bonds is 6. The summed E-state index contributed by atoms with van der Waals surface area (Å²) in [5.41, 5.74) is 4.35. The molecule has 0 aliphatic rings. The van der Waals surface area contributed by atoms with Crippen LogP contribution in [0.1, 0.15) is 39.7 Å². The SMILES string of the molecule is CCOC(=O)/C(=N/NCCC(C)(C)C)c1ccsc1. The summed E-state index contributed by atoms with van der Waals surface area (Å²) in [5, 5.41) is 7.99. The molecule has 4 nitrogen and oxygen atoms in total. The van der Waals surface area contributed by atoms with Crippen molar-refractivity contribution >= 4 is 23.0 Å². The third-order valence-corrected chi connectivity index (χ3v) is 3.12. The predicted molar refractivity (Wildman–Crippen MR) is 79.6 cm³/mol. The normalized spacial score (nSPS) is 12.3. The molecule has 0 amide bonds. The Hall–Kier alpha value is -1.36. The number of hydrogen-bond donors (Lipinski definition) is 1. The fraction of sp³-hybridized carbons (Fsp3) is 0.571. The van der Waals surface area contributed by atoms with Gasteiger partial charge < -0.3 is 10.2 Å². The second kappa shape index (κ2) is 7.28. The topological polar surface area (TPSA) is 50.7 Å². The Balaban J connectivity index is 2.66. The first-order chi connectivity index (χ1) is 8.94. The van der Waals surface area contributed by atoms with Gasteiger partial charge in [0, 0.05) is 17.5 Å². The number of carbonyl (C=O) groups excluding carboxylic acids is 1. The van der Waals surface area contributed by atoms with E-state index in [0.717, 1.165) is 18.5 Å². The summed E-state index contributed by atoms with van der Waals surface area (Å²) in [6.45, 7) is 9.38. The predicted octanol–water partition coefficient (Wildman–Crippen LogP) is 3.04. The number of nitrogens with zero attached hydrogens (tertiary/aromatic N) is 1. The summed E-state index contributed by atoms with van der Waals surface area (Å²) in [7, 11) is 0. The standard InChI is InChI=1S/C14H22N2O2S/c1-5-18-13(17)12(11-6-9-19-10-11)16-15-8-7-14(2,3)4/h6,9-10,15H,5,7-8H2,1-4H3/b16-12+. The van der Waals surface area contributed by atoms with E-state index in [-0.39, 0.29) is 11.4 Å². The van der Waals surface area contributed by atoms with Gasteiger partial charge in [-0.25, -0.2) is 4.79 Å². The van der Waals surface area contributed by atoms with E-state index in [2.05, 4.69) is 31.3 Å². The van der Waals surface area contributed by atoms with E-state index in [9.17, 15) is 4.79 Å². The zero-order valence-corrected chi connectivity index (χ0v) is 12.8. The van der Waals surface area contributed by atoms with Crippen molar-refractivity contribution in [2.75, 3.05) is 13.2 Å². The number of esters is 1. The first kappa shape index (κ1) is 15.7. The van der Waals surface area contributed by atoms with Crippen molar-refractivity contribution in [2.45, 2.75) is 34.1 Å². The van der Waals surface area contributed by atoms with Crippen LogP contribution in [-0.4, -0.2) is 24.8 Å². The van der Waals surface area contributed by atoms with Crippen LogP contribution in [0.2, 0.25) is 0 Å². The third-order valence-electron chi connectivity index (χ3n) is 2.44. The highest BCUT2D eigenvalue weighted by molar-refractivity contribution is 7.08. The smallest absolute Gasteiger partial charge is 0.359 e. The number of nitrogens with one attached hydrogen (secondary N) is 1. The summed E-state index contributed by atoms with van der Waals surface area (Å²) in [6, 6.07) is 1.87. The van der Waals surface area contributed by atoms with Gasteiger partial charge in [-0.3, -0.25) is 0 Å². The molecule has 0 saturated heterocycles. The van der Waals surface area contributed by atoms with Gasteiger partial charge in [0.25, 0.3) is 0 Å². The first-order valence-corrected chi connectivity index (χ1v) is 7.38. The van der Waals surface area contributed by atoms with Crippen molar-refractivity contribution in [1.29, 1.82) is 0 Å². The van der Waals surface area contributed by atoms with Crippen molar-refractivity contribution in [3.8, 4) is 0 Å². The van der Waals surface area contributed by atoms with Gasteiger partial charge in [-0.2, -0.15) is 16.4 Å². The maximum absolute atomic E-state index is 11.8. The molecular weight excluding hydrogens is 260 g/mol. The van der Waals surface area contributed by atoms with Crippen molar-refractivity contribution in [3.05, 3.63) is 22.4 Å². The van der Waals surface area contributed by atoms with E-state index < -0.39 is 0 Å². The van der Waals surface area contributed by atoms with Gasteiger partial charge in [0.05, 0.1) is 6.61 Å². The quantitative estimate of drug-likeness (QED) is 0.377. The molecule has 1 aromatic rings. The van der Waals surface area contributed by atoms with E-state index in [1.807, 2.05) is 16.8 Å². The van der Waals surface area contributed by atoms with Gasteiger partial charge in [0.1, 0.15) is 0 Å². The van der Waals surface area contributed by atoms with Gasteiger partial charge in [0.15, 0.2) is 5.71 Å². The fourth-order valence-corrected chi connectivity index (χ4v) is 2.03. The van der Waals surface area contributed by atoms with Crippen LogP contribution in [-0.2, 0) is 9.53 Å². The van der Waals surface area contributed by atoms with Crippen LogP contribution >= 0.6 is 11.3 Å². The Morgan fingerprint density at radius 2 is 2.21 bits per heavy atom. The molecule has 1 N–H and O–H groups in total. The molecule has 19 heavy (non-hydrogen) atoms. The maximum Gasteiger partial charge on any atom is 0.359 e. The molecule has 0 spiro atoms. The zero-order chi connectivity index (χ0) is 14.3. The monoisotopic (exact) mass is 282 g/mol. The highest BCUT2D eigenvalue weighted by Gasteiger charge is 2.16. The van der Waals surface area contributed by atoms with Crippen molar-refractivity contribution in [1.82, 2.24) is 5.43 Å². The van der Waals surface area contributed by atoms with Crippen LogP contribution in [0.4, 0.5) is 0 Å². The van der Waals surface area contributed by atoms with Gasteiger partial charge in [-0.15, -0.1) is 0 Å². The number of hydrogen-bond acceptors (Lipinski definition) is 5. The van der Waals surface area contributed by atoms with Crippen LogP contribution in [0.25, 0.3) is 0 Å². The number of thiophene rings is 1. The molecule has 5 heteroatoms. The largest absolute Gasteiger partial charge is 0.461 e. The lowest BCUT2D eigenvalue weighted by atomic mass is 9.93. The lowest BCUT2D eigenvalue weighted by molar-refractivity contribution is -0.134. The Labute approximate surface area is 118 Å². The third kappa shape index (κ3) is 5.87. The summed E-state index contributed by atoms with van der Waals surface area (Å²) < 4.78 is 5.02. The molecular formula is C14H22N2O2S. The molecule has 0 atom stereocenters. The first-order valence-electron chi connectivity index (χ1n) is 6.44. The average Bonchev–Trinajstić information content (AvgIpc) is 2.81. The van der Waals surface area contributed by atoms with Gasteiger partial charge in [-0.1, -0.05) is 20.8 Å². The van der Waals surface area contributed by atoms with E-state index in [4.69, 9.17) is 4.74 Å². The van der Waals surface area contributed by atoms with E-state index >= 15 is 0 Å². The molecule has 0 saturated carbocycles. The summed E-state index contributed by atoms with van der Waals surface area (Å²) in [6.07, 6.45) is 0.982. The molecule has 1 aromatic heterocycles. The minimum atomic E-state index is -0.385. The van der Waals surface area contributed by atoms with Gasteiger partial charge in [0.2, 0.25) is 0 Å². The molecule has 0 aromatic carbocycles. The molecule has 1 rings (SSSR count). The number of hydrazone groups is 1. The van der Waals surface area contributed by atoms with E-state index in [1.54, 1.807) is 6.92 Å². The lowest BCUT2D eigenvalue weighted by Crippen LogP contribution is -2.23. The molecule has 0 aliphatic carbocycles. The number of carbonyl (C=O) groups is 1. The zero-order valence-electron chi connectivity index (χ0n) is 12.0. The highest BCUT2D eigenvalue weighted by atomic mass is 32.1. The molecule has 0 bridgehead atoms. The number of ether oxygens (including phenoxy) is 1. The molecule has 0 fully saturated rings. The minimum Gasteiger partial charge on any atom is -0.461 e. The summed E-state index contributed by atoms with van der Waals surface area (Å²) >= 11 is 1.53. The molecule has 1 heterocycles. The molecule has 0 unspecified atom stereocenters. The van der Waals surface area contributed by atoms with Crippen LogP contribution < -0.4 is 5.43 Å². The molecule has 0 aliphatic heterocycles. The van der Waals surface area contributed by atoms with Crippen molar-refractivity contribution in [3.63, 3.8) is 0 Å². The highest BCUT2D eigenvalue weighted by Crippen LogP contribution is 2.17. The summed E-state index contributed by atoms with van der Waals surface area (Å²) in [4.78, 5) is 11.8. The molecule has 106 valence electrons. The van der Waals surface area contributed by atoms with Crippen molar-refractivity contribution < 1.29 is 9.53 Å². The Bertz CT molecular complexity index is 419. The average molecular weight is 282 g/mol. The second-order valence-electron chi connectivity index (χ2n) is 5.41. The summed E-state index contributed by atoms with van der Waals surface area (Å²) in [5.74, 6) is -0.385. The Morgan fingerprint density at radius 1 is 1.47 bits per heavy atom. The van der Waals surface area contributed by atoms with Crippen LogP contribution in [0, 0.1) is 5.41 Å². The van der Waals surface area contributed by atoms with E-state index in [0.29, 0.717) is 12.3 Å². The minimum absolute atomic E-state index is 0.245. The Kier molecular flexibility index (Phi) is 6.02. The van der Waals surface area contributed by atoms with Gasteiger partial charge >= 0.3 is 5.97 Å². The van der Waals surface area contributed by atoms with Crippen LogP contribution in [0.5, 0.6) is 0 Å². The van der Waals surface area contributed by atoms with Crippen LogP contribution in [0.3, 0.4) is 0 Å². The van der Waals surface area contributed by atoms with Gasteiger partial charge in [-0.05, 0) is 30.2 Å². The van der Waals surface area contributed by atoms with Crippen molar-refractivity contribution in [2.24, 2.45) is 10.5 Å². The maximum atomic E-state index is 11.8.